The number of benzene rings is 1. The number of aromatic nitrogens is 2. The molecule has 0 saturated heterocycles. The Morgan fingerprint density at radius 1 is 1.05 bits per heavy atom. The van der Waals surface area contributed by atoms with Crippen molar-refractivity contribution < 1.29 is 14.2 Å². The zero-order chi connectivity index (χ0) is 13.8. The Bertz CT molecular complexity index is 551. The fourth-order valence-electron chi connectivity index (χ4n) is 1.54. The summed E-state index contributed by atoms with van der Waals surface area (Å²) < 4.78 is 23.7. The molecule has 0 fully saturated rings. The first-order valence-corrected chi connectivity index (χ1v) is 6.35. The van der Waals surface area contributed by atoms with Crippen molar-refractivity contribution in [3.8, 4) is 17.2 Å². The van der Waals surface area contributed by atoms with Gasteiger partial charge in [0.1, 0.15) is 0 Å². The highest BCUT2D eigenvalue weighted by molar-refractivity contribution is 6.99. The molecular formula is C11H12ClN3O3S. The first-order chi connectivity index (χ1) is 9.19. The number of ether oxygens (including phenoxy) is 3. The van der Waals surface area contributed by atoms with Crippen LogP contribution in [0.4, 0.5) is 11.5 Å². The van der Waals surface area contributed by atoms with E-state index in [2.05, 4.69) is 14.1 Å². The van der Waals surface area contributed by atoms with E-state index in [9.17, 15) is 0 Å². The van der Waals surface area contributed by atoms with E-state index < -0.39 is 0 Å². The number of halogens is 1. The minimum atomic E-state index is 0.318. The van der Waals surface area contributed by atoms with Gasteiger partial charge in [-0.25, -0.2) is 0 Å². The molecule has 1 N–H and O–H groups in total. The van der Waals surface area contributed by atoms with Crippen LogP contribution in [0.15, 0.2) is 12.1 Å². The molecule has 0 aliphatic heterocycles. The number of hydrogen-bond donors (Lipinski definition) is 1. The normalized spacial score (nSPS) is 10.1. The minimum absolute atomic E-state index is 0.318. The van der Waals surface area contributed by atoms with Crippen molar-refractivity contribution in [1.82, 2.24) is 8.75 Å². The Hall–Kier alpha value is -1.73. The SMILES string of the molecule is COc1cc(Nc2nsnc2Cl)cc(OC)c1OC. The summed E-state index contributed by atoms with van der Waals surface area (Å²) in [6.45, 7) is 0. The van der Waals surface area contributed by atoms with Gasteiger partial charge in [-0.05, 0) is 0 Å². The topological polar surface area (TPSA) is 65.5 Å². The molecule has 1 aromatic heterocycles. The second-order valence-electron chi connectivity index (χ2n) is 3.44. The third-order valence-corrected chi connectivity index (χ3v) is 3.27. The highest BCUT2D eigenvalue weighted by Crippen LogP contribution is 2.40. The average Bonchev–Trinajstić information content (AvgIpc) is 2.83. The second kappa shape index (κ2) is 5.94. The molecular weight excluding hydrogens is 290 g/mol. The Morgan fingerprint density at radius 3 is 2.11 bits per heavy atom. The summed E-state index contributed by atoms with van der Waals surface area (Å²) in [6, 6.07) is 3.52. The Labute approximate surface area is 119 Å². The predicted octanol–water partition coefficient (Wildman–Crippen LogP) is 2.96. The molecule has 0 radical (unpaired) electrons. The van der Waals surface area contributed by atoms with Gasteiger partial charge in [0, 0.05) is 17.8 Å². The number of hydrogen-bond acceptors (Lipinski definition) is 7. The van der Waals surface area contributed by atoms with Gasteiger partial charge in [0.2, 0.25) is 5.75 Å². The van der Waals surface area contributed by atoms with Crippen LogP contribution >= 0.6 is 23.3 Å². The van der Waals surface area contributed by atoms with Crippen LogP contribution in [0.5, 0.6) is 17.2 Å². The van der Waals surface area contributed by atoms with Gasteiger partial charge >= 0.3 is 0 Å². The van der Waals surface area contributed by atoms with Gasteiger partial charge in [-0.1, -0.05) is 11.6 Å². The molecule has 0 spiro atoms. The van der Waals surface area contributed by atoms with Crippen LogP contribution in [0.1, 0.15) is 0 Å². The summed E-state index contributed by atoms with van der Waals surface area (Å²) in [5, 5.41) is 3.36. The third kappa shape index (κ3) is 2.82. The van der Waals surface area contributed by atoms with Crippen LogP contribution in [0.2, 0.25) is 5.15 Å². The fourth-order valence-corrected chi connectivity index (χ4v) is 2.19. The highest BCUT2D eigenvalue weighted by Gasteiger charge is 2.14. The summed E-state index contributed by atoms with van der Waals surface area (Å²) in [5.74, 6) is 2.10. The molecule has 2 aromatic rings. The molecule has 102 valence electrons. The third-order valence-electron chi connectivity index (χ3n) is 2.38. The largest absolute Gasteiger partial charge is 0.493 e. The summed E-state index contributed by atoms with van der Waals surface area (Å²) in [5.41, 5.74) is 0.712. The lowest BCUT2D eigenvalue weighted by Crippen LogP contribution is -1.98. The van der Waals surface area contributed by atoms with Crippen molar-refractivity contribution in [1.29, 1.82) is 0 Å². The fraction of sp³-hybridized carbons (Fsp3) is 0.273. The average molecular weight is 302 g/mol. The van der Waals surface area contributed by atoms with E-state index in [0.717, 1.165) is 11.7 Å². The number of nitrogens with zero attached hydrogens (tertiary/aromatic N) is 2. The molecule has 0 aliphatic carbocycles. The molecule has 2 rings (SSSR count). The van der Waals surface area contributed by atoms with E-state index >= 15 is 0 Å². The van der Waals surface area contributed by atoms with Gasteiger partial charge < -0.3 is 19.5 Å². The van der Waals surface area contributed by atoms with Gasteiger partial charge in [-0.3, -0.25) is 0 Å². The molecule has 0 aliphatic rings. The van der Waals surface area contributed by atoms with E-state index in [0.29, 0.717) is 33.9 Å². The first kappa shape index (κ1) is 13.7. The van der Waals surface area contributed by atoms with E-state index in [-0.39, 0.29) is 0 Å². The Morgan fingerprint density at radius 2 is 1.68 bits per heavy atom. The van der Waals surface area contributed by atoms with Gasteiger partial charge in [0.25, 0.3) is 0 Å². The van der Waals surface area contributed by atoms with Crippen molar-refractivity contribution in [2.24, 2.45) is 0 Å². The molecule has 1 heterocycles. The summed E-state index contributed by atoms with van der Waals surface area (Å²) in [7, 11) is 4.66. The van der Waals surface area contributed by atoms with Gasteiger partial charge in [0.15, 0.2) is 22.5 Å². The van der Waals surface area contributed by atoms with Crippen LogP contribution in [-0.2, 0) is 0 Å². The molecule has 0 atom stereocenters. The number of methoxy groups -OCH3 is 3. The predicted molar refractivity (Wildman–Crippen MR) is 74.3 cm³/mol. The molecule has 0 unspecified atom stereocenters. The summed E-state index contributed by atoms with van der Waals surface area (Å²) in [4.78, 5) is 0. The quantitative estimate of drug-likeness (QED) is 0.916. The summed E-state index contributed by atoms with van der Waals surface area (Å²) >= 11 is 6.91. The van der Waals surface area contributed by atoms with E-state index in [1.165, 1.54) is 0 Å². The zero-order valence-corrected chi connectivity index (χ0v) is 12.1. The Balaban J connectivity index is 2.39. The van der Waals surface area contributed by atoms with E-state index in [1.54, 1.807) is 33.5 Å². The maximum atomic E-state index is 5.88. The smallest absolute Gasteiger partial charge is 0.203 e. The highest BCUT2D eigenvalue weighted by atomic mass is 35.5. The number of anilines is 2. The van der Waals surface area contributed by atoms with Crippen LogP contribution in [0.25, 0.3) is 0 Å². The summed E-state index contributed by atoms with van der Waals surface area (Å²) in [6.07, 6.45) is 0. The van der Waals surface area contributed by atoms with Crippen LogP contribution in [0.3, 0.4) is 0 Å². The molecule has 1 aromatic carbocycles. The van der Waals surface area contributed by atoms with Crippen molar-refractivity contribution in [2.45, 2.75) is 0 Å². The van der Waals surface area contributed by atoms with Gasteiger partial charge in [-0.15, -0.1) is 0 Å². The maximum Gasteiger partial charge on any atom is 0.203 e. The zero-order valence-electron chi connectivity index (χ0n) is 10.6. The lowest BCUT2D eigenvalue weighted by atomic mass is 10.2. The Kier molecular flexibility index (Phi) is 4.28. The number of rotatable bonds is 5. The second-order valence-corrected chi connectivity index (χ2v) is 4.33. The molecule has 19 heavy (non-hydrogen) atoms. The molecule has 0 saturated carbocycles. The van der Waals surface area contributed by atoms with Crippen molar-refractivity contribution >= 4 is 34.8 Å². The van der Waals surface area contributed by atoms with Crippen LogP contribution < -0.4 is 19.5 Å². The van der Waals surface area contributed by atoms with Gasteiger partial charge in [-0.2, -0.15) is 8.75 Å². The minimum Gasteiger partial charge on any atom is -0.493 e. The molecule has 6 nitrogen and oxygen atoms in total. The van der Waals surface area contributed by atoms with Crippen molar-refractivity contribution in [3.05, 3.63) is 17.3 Å². The molecule has 0 amide bonds. The maximum absolute atomic E-state index is 5.88. The molecule has 8 heteroatoms. The monoisotopic (exact) mass is 301 g/mol. The standard InChI is InChI=1S/C11H12ClN3O3S/c1-16-7-4-6(5-8(17-2)9(7)18-3)13-11-10(12)14-19-15-11/h4-5H,1-3H3,(H,13,15). The van der Waals surface area contributed by atoms with E-state index in [4.69, 9.17) is 25.8 Å². The molecule has 0 bridgehead atoms. The van der Waals surface area contributed by atoms with Gasteiger partial charge in [0.05, 0.1) is 33.1 Å². The lowest BCUT2D eigenvalue weighted by molar-refractivity contribution is 0.324. The van der Waals surface area contributed by atoms with Crippen LogP contribution in [-0.4, -0.2) is 30.1 Å². The van der Waals surface area contributed by atoms with Crippen molar-refractivity contribution in [2.75, 3.05) is 26.6 Å². The van der Waals surface area contributed by atoms with E-state index in [1.807, 2.05) is 0 Å². The lowest BCUT2D eigenvalue weighted by Gasteiger charge is -2.14. The van der Waals surface area contributed by atoms with Crippen molar-refractivity contribution in [3.63, 3.8) is 0 Å². The first-order valence-electron chi connectivity index (χ1n) is 5.24. The van der Waals surface area contributed by atoms with Crippen LogP contribution in [0, 0.1) is 0 Å². The number of nitrogens with one attached hydrogen (secondary N) is 1.